The molecule has 0 bridgehead atoms. The third-order valence-electron chi connectivity index (χ3n) is 5.30. The summed E-state index contributed by atoms with van der Waals surface area (Å²) in [6.07, 6.45) is 1.69. The highest BCUT2D eigenvalue weighted by atomic mass is 19.1. The van der Waals surface area contributed by atoms with Gasteiger partial charge in [0.1, 0.15) is 17.5 Å². The van der Waals surface area contributed by atoms with Crippen LogP contribution in [0.15, 0.2) is 65.6 Å². The Labute approximate surface area is 179 Å². The van der Waals surface area contributed by atoms with E-state index in [-0.39, 0.29) is 23.3 Å². The summed E-state index contributed by atoms with van der Waals surface area (Å²) < 4.78 is 14.7. The zero-order chi connectivity index (χ0) is 22.0. The molecular weight excluding hydrogens is 393 g/mol. The molecular formula is C24H24FN5O. The predicted molar refractivity (Wildman–Crippen MR) is 120 cm³/mol. The van der Waals surface area contributed by atoms with E-state index in [0.717, 1.165) is 10.9 Å². The molecule has 0 radical (unpaired) electrons. The predicted octanol–water partition coefficient (Wildman–Crippen LogP) is 4.07. The Bertz CT molecular complexity index is 1280. The highest BCUT2D eigenvalue weighted by Crippen LogP contribution is 2.24. The molecule has 158 valence electrons. The van der Waals surface area contributed by atoms with Crippen molar-refractivity contribution in [3.05, 3.63) is 94.0 Å². The van der Waals surface area contributed by atoms with Gasteiger partial charge in [-0.15, -0.1) is 0 Å². The van der Waals surface area contributed by atoms with Crippen LogP contribution >= 0.6 is 0 Å². The minimum Gasteiger partial charge on any atom is -0.369 e. The van der Waals surface area contributed by atoms with Gasteiger partial charge in [-0.05, 0) is 30.7 Å². The number of aryl methyl sites for hydroxylation is 1. The van der Waals surface area contributed by atoms with Gasteiger partial charge in [0, 0.05) is 23.4 Å². The monoisotopic (exact) mass is 417 g/mol. The standard InChI is InChI=1S/C24H24FN5O/c1-16-28-20(14-30-23(31)21-7-5-4-6-17(21)13-27-30)12-22(29-16)26-15-24(2,3)18-8-10-19(25)11-9-18/h4-13H,14-15H2,1-3H3,(H,26,28,29). The molecule has 2 aromatic heterocycles. The SMILES string of the molecule is Cc1nc(Cn2ncc3ccccc3c2=O)cc(NCC(C)(C)c2ccc(F)cc2)n1. The minimum atomic E-state index is -0.249. The first kappa shape index (κ1) is 20.7. The molecule has 6 nitrogen and oxygen atoms in total. The Hall–Kier alpha value is -3.61. The van der Waals surface area contributed by atoms with Gasteiger partial charge in [0.2, 0.25) is 0 Å². The van der Waals surface area contributed by atoms with E-state index in [1.165, 1.54) is 16.8 Å². The van der Waals surface area contributed by atoms with Crippen LogP contribution in [0.2, 0.25) is 0 Å². The van der Waals surface area contributed by atoms with Crippen molar-refractivity contribution < 1.29 is 4.39 Å². The first-order chi connectivity index (χ1) is 14.8. The highest BCUT2D eigenvalue weighted by molar-refractivity contribution is 5.80. The van der Waals surface area contributed by atoms with E-state index in [1.807, 2.05) is 31.2 Å². The molecule has 0 spiro atoms. The fourth-order valence-electron chi connectivity index (χ4n) is 3.51. The molecule has 0 aliphatic heterocycles. The maximum absolute atomic E-state index is 13.2. The molecule has 7 heteroatoms. The summed E-state index contributed by atoms with van der Waals surface area (Å²) in [5.74, 6) is 1.03. The molecule has 0 aliphatic carbocycles. The van der Waals surface area contributed by atoms with Gasteiger partial charge < -0.3 is 5.32 Å². The lowest BCUT2D eigenvalue weighted by Gasteiger charge is -2.26. The van der Waals surface area contributed by atoms with Gasteiger partial charge in [-0.1, -0.05) is 44.2 Å². The Morgan fingerprint density at radius 3 is 2.58 bits per heavy atom. The van der Waals surface area contributed by atoms with E-state index in [9.17, 15) is 9.18 Å². The average molecular weight is 417 g/mol. The van der Waals surface area contributed by atoms with E-state index >= 15 is 0 Å². The van der Waals surface area contributed by atoms with E-state index in [1.54, 1.807) is 24.4 Å². The summed E-state index contributed by atoms with van der Waals surface area (Å²) in [4.78, 5) is 21.7. The summed E-state index contributed by atoms with van der Waals surface area (Å²) in [7, 11) is 0. The van der Waals surface area contributed by atoms with Crippen molar-refractivity contribution in [1.29, 1.82) is 0 Å². The second kappa shape index (κ2) is 8.26. The molecule has 2 aromatic carbocycles. The lowest BCUT2D eigenvalue weighted by molar-refractivity contribution is 0.552. The van der Waals surface area contributed by atoms with Crippen LogP contribution in [0.3, 0.4) is 0 Å². The zero-order valence-corrected chi connectivity index (χ0v) is 17.8. The van der Waals surface area contributed by atoms with Gasteiger partial charge in [-0.25, -0.2) is 19.0 Å². The van der Waals surface area contributed by atoms with Crippen LogP contribution in [0, 0.1) is 12.7 Å². The fourth-order valence-corrected chi connectivity index (χ4v) is 3.51. The van der Waals surface area contributed by atoms with Crippen molar-refractivity contribution >= 4 is 16.6 Å². The number of hydrogen-bond donors (Lipinski definition) is 1. The van der Waals surface area contributed by atoms with Crippen molar-refractivity contribution in [2.75, 3.05) is 11.9 Å². The van der Waals surface area contributed by atoms with E-state index in [4.69, 9.17) is 0 Å². The van der Waals surface area contributed by atoms with Gasteiger partial charge in [0.25, 0.3) is 5.56 Å². The molecule has 0 saturated carbocycles. The fraction of sp³-hybridized carbons (Fsp3) is 0.250. The van der Waals surface area contributed by atoms with Crippen molar-refractivity contribution in [3.8, 4) is 0 Å². The van der Waals surface area contributed by atoms with Crippen molar-refractivity contribution in [2.45, 2.75) is 32.7 Å². The maximum atomic E-state index is 13.2. The first-order valence-corrected chi connectivity index (χ1v) is 10.1. The third-order valence-corrected chi connectivity index (χ3v) is 5.30. The molecule has 0 atom stereocenters. The van der Waals surface area contributed by atoms with Crippen LogP contribution in [0.5, 0.6) is 0 Å². The molecule has 2 heterocycles. The number of aromatic nitrogens is 4. The summed E-state index contributed by atoms with van der Waals surface area (Å²) in [5, 5.41) is 9.08. The number of nitrogens with one attached hydrogen (secondary N) is 1. The lowest BCUT2D eigenvalue weighted by Crippen LogP contribution is -2.28. The normalized spacial score (nSPS) is 11.6. The van der Waals surface area contributed by atoms with Crippen LogP contribution in [-0.2, 0) is 12.0 Å². The van der Waals surface area contributed by atoms with Crippen molar-refractivity contribution in [3.63, 3.8) is 0 Å². The van der Waals surface area contributed by atoms with Crippen LogP contribution in [-0.4, -0.2) is 26.3 Å². The molecule has 1 N–H and O–H groups in total. The molecule has 0 unspecified atom stereocenters. The van der Waals surface area contributed by atoms with E-state index < -0.39 is 0 Å². The zero-order valence-electron chi connectivity index (χ0n) is 17.8. The number of fused-ring (bicyclic) bond motifs is 1. The maximum Gasteiger partial charge on any atom is 0.274 e. The third kappa shape index (κ3) is 4.60. The van der Waals surface area contributed by atoms with Crippen LogP contribution in [0.25, 0.3) is 10.8 Å². The Morgan fingerprint density at radius 1 is 1.06 bits per heavy atom. The smallest absolute Gasteiger partial charge is 0.274 e. The van der Waals surface area contributed by atoms with Gasteiger partial charge in [-0.3, -0.25) is 4.79 Å². The van der Waals surface area contributed by atoms with Gasteiger partial charge in [-0.2, -0.15) is 5.10 Å². The van der Waals surface area contributed by atoms with Crippen LogP contribution in [0.1, 0.15) is 30.9 Å². The van der Waals surface area contributed by atoms with Gasteiger partial charge in [0.05, 0.1) is 23.8 Å². The summed E-state index contributed by atoms with van der Waals surface area (Å²) in [6, 6.07) is 15.8. The number of nitrogens with zero attached hydrogens (tertiary/aromatic N) is 4. The summed E-state index contributed by atoms with van der Waals surface area (Å²) in [5.41, 5.74) is 1.34. The molecule has 0 aliphatic rings. The summed E-state index contributed by atoms with van der Waals surface area (Å²) >= 11 is 0. The van der Waals surface area contributed by atoms with Crippen molar-refractivity contribution in [1.82, 2.24) is 19.7 Å². The number of rotatable bonds is 6. The Balaban J connectivity index is 1.54. The first-order valence-electron chi connectivity index (χ1n) is 10.1. The molecule has 4 rings (SSSR count). The minimum absolute atomic E-state index is 0.152. The van der Waals surface area contributed by atoms with Crippen molar-refractivity contribution in [2.24, 2.45) is 0 Å². The van der Waals surface area contributed by atoms with Gasteiger partial charge in [0.15, 0.2) is 0 Å². The van der Waals surface area contributed by atoms with E-state index in [0.29, 0.717) is 29.3 Å². The molecule has 31 heavy (non-hydrogen) atoms. The average Bonchev–Trinajstić information content (AvgIpc) is 2.75. The Morgan fingerprint density at radius 2 is 1.81 bits per heavy atom. The van der Waals surface area contributed by atoms with Gasteiger partial charge >= 0.3 is 0 Å². The largest absolute Gasteiger partial charge is 0.369 e. The highest BCUT2D eigenvalue weighted by Gasteiger charge is 2.21. The lowest BCUT2D eigenvalue weighted by atomic mass is 9.84. The molecule has 0 fully saturated rings. The topological polar surface area (TPSA) is 72.7 Å². The van der Waals surface area contributed by atoms with Crippen LogP contribution in [0.4, 0.5) is 10.2 Å². The quantitative estimate of drug-likeness (QED) is 0.512. The number of halogens is 1. The molecule has 0 amide bonds. The number of benzene rings is 2. The molecule has 4 aromatic rings. The second-order valence-corrected chi connectivity index (χ2v) is 8.23. The second-order valence-electron chi connectivity index (χ2n) is 8.23. The van der Waals surface area contributed by atoms with E-state index in [2.05, 4.69) is 34.2 Å². The summed E-state index contributed by atoms with van der Waals surface area (Å²) in [6.45, 7) is 6.84. The molecule has 0 saturated heterocycles. The van der Waals surface area contributed by atoms with Crippen LogP contribution < -0.4 is 10.9 Å². The Kier molecular flexibility index (Phi) is 5.50. The number of hydrogen-bond acceptors (Lipinski definition) is 5. The number of anilines is 1.